The maximum Gasteiger partial charge on any atom is 0.216 e. The summed E-state index contributed by atoms with van der Waals surface area (Å²) in [7, 11) is 0. The van der Waals surface area contributed by atoms with Crippen LogP contribution in [-0.4, -0.2) is 11.0 Å². The van der Waals surface area contributed by atoms with Crippen LogP contribution in [0.5, 0.6) is 0 Å². The lowest BCUT2D eigenvalue weighted by Gasteiger charge is -2.07. The second-order valence-corrected chi connectivity index (χ2v) is 4.58. The Morgan fingerprint density at radius 1 is 0.889 bits per heavy atom. The van der Waals surface area contributed by atoms with Crippen molar-refractivity contribution in [2.24, 2.45) is 0 Å². The molecule has 2 rings (SSSR count). The molecule has 2 nitrogen and oxygen atoms in total. The molecule has 0 aliphatic rings. The molecular weight excluding hydrogens is 222 g/mol. The molecule has 0 fully saturated rings. The standard InChI is InChI=1S/C16H17NO/c1-12-9-14(3)15(10-13(12)2)11-17(18)16-7-5-4-6-8-16/h4-11H,1-3H3. The highest BCUT2D eigenvalue weighted by Crippen LogP contribution is 2.15. The molecule has 0 spiro atoms. The molecule has 18 heavy (non-hydrogen) atoms. The monoisotopic (exact) mass is 239 g/mol. The Labute approximate surface area is 108 Å². The van der Waals surface area contributed by atoms with Crippen LogP contribution in [0, 0.1) is 26.0 Å². The van der Waals surface area contributed by atoms with E-state index in [-0.39, 0.29) is 0 Å². The van der Waals surface area contributed by atoms with Crippen molar-refractivity contribution in [3.8, 4) is 0 Å². The lowest BCUT2D eigenvalue weighted by atomic mass is 10.0. The minimum Gasteiger partial charge on any atom is -0.618 e. The lowest BCUT2D eigenvalue weighted by molar-refractivity contribution is -0.354. The molecule has 0 heterocycles. The SMILES string of the molecule is Cc1cc(C)c(C=[N+]([O-])c2ccccc2)cc1C. The summed E-state index contributed by atoms with van der Waals surface area (Å²) < 4.78 is 0.914. The van der Waals surface area contributed by atoms with Crippen LogP contribution in [0.1, 0.15) is 22.3 Å². The third-order valence-electron chi connectivity index (χ3n) is 3.15. The van der Waals surface area contributed by atoms with Gasteiger partial charge in [-0.25, -0.2) is 0 Å². The van der Waals surface area contributed by atoms with Gasteiger partial charge in [-0.3, -0.25) is 0 Å². The van der Waals surface area contributed by atoms with Gasteiger partial charge in [0.25, 0.3) is 0 Å². The third-order valence-corrected chi connectivity index (χ3v) is 3.15. The second kappa shape index (κ2) is 5.05. The number of para-hydroxylation sites is 1. The molecule has 0 saturated heterocycles. The van der Waals surface area contributed by atoms with Crippen LogP contribution in [0.4, 0.5) is 5.69 Å². The Balaban J connectivity index is 2.42. The highest BCUT2D eigenvalue weighted by atomic mass is 16.5. The second-order valence-electron chi connectivity index (χ2n) is 4.58. The molecule has 92 valence electrons. The summed E-state index contributed by atoms with van der Waals surface area (Å²) in [6.45, 7) is 6.17. The number of hydrogen-bond acceptors (Lipinski definition) is 1. The summed E-state index contributed by atoms with van der Waals surface area (Å²) >= 11 is 0. The minimum atomic E-state index is 0.648. The van der Waals surface area contributed by atoms with Gasteiger partial charge in [-0.1, -0.05) is 24.3 Å². The molecule has 0 amide bonds. The first-order valence-electron chi connectivity index (χ1n) is 6.02. The molecule has 0 N–H and O–H groups in total. The van der Waals surface area contributed by atoms with Crippen LogP contribution in [0.25, 0.3) is 0 Å². The van der Waals surface area contributed by atoms with Gasteiger partial charge in [0.15, 0.2) is 6.21 Å². The number of benzene rings is 2. The zero-order valence-corrected chi connectivity index (χ0v) is 11.0. The molecule has 2 aromatic carbocycles. The predicted molar refractivity (Wildman–Crippen MR) is 75.5 cm³/mol. The van der Waals surface area contributed by atoms with Gasteiger partial charge in [-0.2, -0.15) is 4.74 Å². The fourth-order valence-electron chi connectivity index (χ4n) is 1.90. The van der Waals surface area contributed by atoms with Crippen molar-refractivity contribution >= 4 is 11.9 Å². The number of hydrogen-bond donors (Lipinski definition) is 0. The zero-order chi connectivity index (χ0) is 13.1. The van der Waals surface area contributed by atoms with Crippen molar-refractivity contribution in [3.63, 3.8) is 0 Å². The van der Waals surface area contributed by atoms with Gasteiger partial charge in [0.05, 0.1) is 0 Å². The van der Waals surface area contributed by atoms with E-state index in [1.165, 1.54) is 11.1 Å². The van der Waals surface area contributed by atoms with Crippen LogP contribution >= 0.6 is 0 Å². The van der Waals surface area contributed by atoms with Crippen LogP contribution in [0.2, 0.25) is 0 Å². The van der Waals surface area contributed by atoms with Crippen LogP contribution in [0.15, 0.2) is 42.5 Å². The van der Waals surface area contributed by atoms with Crippen LogP contribution in [-0.2, 0) is 0 Å². The quantitative estimate of drug-likeness (QED) is 0.338. The summed E-state index contributed by atoms with van der Waals surface area (Å²) in [6, 6.07) is 13.4. The summed E-state index contributed by atoms with van der Waals surface area (Å²) in [5, 5.41) is 12.0. The largest absolute Gasteiger partial charge is 0.618 e. The predicted octanol–water partition coefficient (Wildman–Crippen LogP) is 3.87. The lowest BCUT2D eigenvalue weighted by Crippen LogP contribution is -2.01. The van der Waals surface area contributed by atoms with Crippen molar-refractivity contribution in [3.05, 3.63) is 69.9 Å². The van der Waals surface area contributed by atoms with Crippen molar-refractivity contribution in [1.82, 2.24) is 0 Å². The Bertz CT molecular complexity index is 586. The topological polar surface area (TPSA) is 26.1 Å². The third kappa shape index (κ3) is 2.59. The molecule has 0 radical (unpaired) electrons. The Morgan fingerprint density at radius 2 is 1.50 bits per heavy atom. The average molecular weight is 239 g/mol. The highest BCUT2D eigenvalue weighted by Gasteiger charge is 2.05. The number of nitrogens with zero attached hydrogens (tertiary/aromatic N) is 1. The van der Waals surface area contributed by atoms with Crippen LogP contribution < -0.4 is 0 Å². The van der Waals surface area contributed by atoms with Gasteiger partial charge >= 0.3 is 0 Å². The van der Waals surface area contributed by atoms with Gasteiger partial charge in [0, 0.05) is 17.7 Å². The highest BCUT2D eigenvalue weighted by molar-refractivity contribution is 5.79. The normalized spacial score (nSPS) is 11.6. The van der Waals surface area contributed by atoms with E-state index in [2.05, 4.69) is 26.0 Å². The van der Waals surface area contributed by atoms with Crippen LogP contribution in [0.3, 0.4) is 0 Å². The maximum absolute atomic E-state index is 12.0. The minimum absolute atomic E-state index is 0.648. The molecule has 0 bridgehead atoms. The maximum atomic E-state index is 12.0. The molecule has 2 heteroatoms. The molecule has 0 aliphatic heterocycles. The van der Waals surface area contributed by atoms with E-state index in [0.29, 0.717) is 5.69 Å². The Kier molecular flexibility index (Phi) is 3.47. The zero-order valence-electron chi connectivity index (χ0n) is 11.0. The molecule has 0 aliphatic carbocycles. The van der Waals surface area contributed by atoms with E-state index in [1.807, 2.05) is 25.1 Å². The van der Waals surface area contributed by atoms with E-state index in [4.69, 9.17) is 0 Å². The summed E-state index contributed by atoms with van der Waals surface area (Å²) in [4.78, 5) is 0. The van der Waals surface area contributed by atoms with Gasteiger partial charge in [0.1, 0.15) is 0 Å². The average Bonchev–Trinajstić information content (AvgIpc) is 2.37. The molecule has 0 aromatic heterocycles. The summed E-state index contributed by atoms with van der Waals surface area (Å²) in [5.74, 6) is 0. The molecule has 2 aromatic rings. The van der Waals surface area contributed by atoms with Crippen molar-refractivity contribution in [2.45, 2.75) is 20.8 Å². The fraction of sp³-hybridized carbons (Fsp3) is 0.188. The smallest absolute Gasteiger partial charge is 0.216 e. The van der Waals surface area contributed by atoms with E-state index in [0.717, 1.165) is 15.9 Å². The number of rotatable bonds is 2. The first-order chi connectivity index (χ1) is 8.58. The van der Waals surface area contributed by atoms with Crippen molar-refractivity contribution < 1.29 is 4.74 Å². The molecular formula is C16H17NO. The van der Waals surface area contributed by atoms with Gasteiger partial charge in [-0.15, -0.1) is 0 Å². The first-order valence-corrected chi connectivity index (χ1v) is 6.02. The fourth-order valence-corrected chi connectivity index (χ4v) is 1.90. The van der Waals surface area contributed by atoms with E-state index in [9.17, 15) is 5.21 Å². The van der Waals surface area contributed by atoms with Gasteiger partial charge in [-0.05, 0) is 43.5 Å². The Morgan fingerprint density at radius 3 is 2.17 bits per heavy atom. The Hall–Kier alpha value is -2.09. The molecule has 0 atom stereocenters. The molecule has 0 unspecified atom stereocenters. The van der Waals surface area contributed by atoms with E-state index in [1.54, 1.807) is 18.3 Å². The summed E-state index contributed by atoms with van der Waals surface area (Å²) in [6.07, 6.45) is 1.64. The number of aryl methyl sites for hydroxylation is 3. The molecule has 0 saturated carbocycles. The van der Waals surface area contributed by atoms with Crippen molar-refractivity contribution in [1.29, 1.82) is 0 Å². The van der Waals surface area contributed by atoms with E-state index < -0.39 is 0 Å². The first kappa shape index (κ1) is 12.4. The van der Waals surface area contributed by atoms with Gasteiger partial charge in [0.2, 0.25) is 5.69 Å². The van der Waals surface area contributed by atoms with E-state index >= 15 is 0 Å². The summed E-state index contributed by atoms with van der Waals surface area (Å²) in [5.41, 5.74) is 5.19. The van der Waals surface area contributed by atoms with Gasteiger partial charge < -0.3 is 5.21 Å². The van der Waals surface area contributed by atoms with Crippen molar-refractivity contribution in [2.75, 3.05) is 0 Å².